The second kappa shape index (κ2) is 2.73. The molecule has 0 aliphatic heterocycles. The Kier molecular flexibility index (Phi) is 1.99. The van der Waals surface area contributed by atoms with Crippen LogP contribution in [0, 0.1) is 29.1 Å². The number of aliphatic hydroxyl groups excluding tert-OH is 1. The SMILES string of the molecule is CC1(C)C2CCC1(C)C([CH]CO)C2. The highest BCUT2D eigenvalue weighted by molar-refractivity contribution is 5.12. The molecule has 75 valence electrons. The molecule has 0 saturated heterocycles. The quantitative estimate of drug-likeness (QED) is 0.694. The second-order valence-electron chi connectivity index (χ2n) is 5.64. The summed E-state index contributed by atoms with van der Waals surface area (Å²) in [5.41, 5.74) is 0.948. The molecule has 3 atom stereocenters. The van der Waals surface area contributed by atoms with Crippen LogP contribution in [0.15, 0.2) is 0 Å². The third-order valence-electron chi connectivity index (χ3n) is 5.25. The van der Waals surface area contributed by atoms with E-state index in [1.54, 1.807) is 0 Å². The lowest BCUT2D eigenvalue weighted by molar-refractivity contribution is 0.110. The van der Waals surface area contributed by atoms with E-state index in [9.17, 15) is 0 Å². The standard InChI is InChI=1S/C12H21O/c1-11(2)9-4-6-12(11,3)10(8-9)5-7-13/h5,9-10,13H,4,6-8H2,1-3H3. The van der Waals surface area contributed by atoms with Gasteiger partial charge in [-0.1, -0.05) is 20.8 Å². The fourth-order valence-corrected chi connectivity index (χ4v) is 3.75. The Bertz CT molecular complexity index is 209. The van der Waals surface area contributed by atoms with E-state index in [2.05, 4.69) is 27.2 Å². The average Bonchev–Trinajstić information content (AvgIpc) is 2.37. The van der Waals surface area contributed by atoms with Crippen LogP contribution in [0.1, 0.15) is 40.0 Å². The van der Waals surface area contributed by atoms with Crippen LogP contribution in [0.25, 0.3) is 0 Å². The van der Waals surface area contributed by atoms with Gasteiger partial charge < -0.3 is 5.11 Å². The van der Waals surface area contributed by atoms with Gasteiger partial charge in [0.1, 0.15) is 0 Å². The zero-order valence-electron chi connectivity index (χ0n) is 9.01. The molecule has 1 N–H and O–H groups in total. The number of hydrogen-bond acceptors (Lipinski definition) is 1. The summed E-state index contributed by atoms with van der Waals surface area (Å²) >= 11 is 0. The van der Waals surface area contributed by atoms with Crippen LogP contribution in [0.2, 0.25) is 0 Å². The van der Waals surface area contributed by atoms with Crippen LogP contribution in [0.4, 0.5) is 0 Å². The van der Waals surface area contributed by atoms with Crippen molar-refractivity contribution in [3.05, 3.63) is 6.42 Å². The zero-order chi connectivity index (χ0) is 9.69. The third-order valence-corrected chi connectivity index (χ3v) is 5.25. The predicted molar refractivity (Wildman–Crippen MR) is 54.1 cm³/mol. The summed E-state index contributed by atoms with van der Waals surface area (Å²) in [5.74, 6) is 1.55. The fraction of sp³-hybridized carbons (Fsp3) is 0.917. The van der Waals surface area contributed by atoms with Gasteiger partial charge in [-0.2, -0.15) is 0 Å². The smallest absolute Gasteiger partial charge is 0.0465 e. The summed E-state index contributed by atoms with van der Waals surface area (Å²) < 4.78 is 0. The zero-order valence-corrected chi connectivity index (χ0v) is 9.01. The molecule has 0 spiro atoms. The Morgan fingerprint density at radius 1 is 1.38 bits per heavy atom. The van der Waals surface area contributed by atoms with Gasteiger partial charge in [0.15, 0.2) is 0 Å². The first kappa shape index (κ1) is 9.51. The minimum absolute atomic E-state index is 0.253. The Morgan fingerprint density at radius 3 is 2.46 bits per heavy atom. The molecule has 1 heteroatoms. The lowest BCUT2D eigenvalue weighted by atomic mass is 9.66. The molecule has 2 aliphatic rings. The highest BCUT2D eigenvalue weighted by atomic mass is 16.3. The molecule has 2 aliphatic carbocycles. The van der Waals surface area contributed by atoms with E-state index in [0.29, 0.717) is 16.7 Å². The Hall–Kier alpha value is -0.0400. The molecule has 0 amide bonds. The lowest BCUT2D eigenvalue weighted by Crippen LogP contribution is -2.32. The molecule has 2 fully saturated rings. The van der Waals surface area contributed by atoms with Crippen LogP contribution >= 0.6 is 0 Å². The van der Waals surface area contributed by atoms with Gasteiger partial charge in [-0.15, -0.1) is 0 Å². The molecule has 0 aromatic rings. The lowest BCUT2D eigenvalue weighted by Gasteiger charge is -2.39. The van der Waals surface area contributed by atoms with Crippen molar-refractivity contribution in [2.75, 3.05) is 6.61 Å². The highest BCUT2D eigenvalue weighted by Gasteiger charge is 2.60. The summed E-state index contributed by atoms with van der Waals surface area (Å²) in [7, 11) is 0. The molecule has 0 aromatic carbocycles. The summed E-state index contributed by atoms with van der Waals surface area (Å²) in [6.45, 7) is 7.49. The molecule has 2 bridgehead atoms. The Morgan fingerprint density at radius 2 is 2.08 bits per heavy atom. The molecular weight excluding hydrogens is 160 g/mol. The second-order valence-corrected chi connectivity index (χ2v) is 5.64. The first-order valence-electron chi connectivity index (χ1n) is 5.46. The van der Waals surface area contributed by atoms with Gasteiger partial charge in [0.25, 0.3) is 0 Å². The van der Waals surface area contributed by atoms with Gasteiger partial charge in [-0.25, -0.2) is 0 Å². The van der Waals surface area contributed by atoms with Gasteiger partial charge >= 0.3 is 0 Å². The fourth-order valence-electron chi connectivity index (χ4n) is 3.75. The summed E-state index contributed by atoms with van der Waals surface area (Å²) in [6, 6.07) is 0. The van der Waals surface area contributed by atoms with E-state index < -0.39 is 0 Å². The van der Waals surface area contributed by atoms with Crippen molar-refractivity contribution < 1.29 is 5.11 Å². The molecule has 1 radical (unpaired) electrons. The van der Waals surface area contributed by atoms with Crippen molar-refractivity contribution in [1.82, 2.24) is 0 Å². The summed E-state index contributed by atoms with van der Waals surface area (Å²) in [6.07, 6.45) is 6.19. The van der Waals surface area contributed by atoms with Gasteiger partial charge in [0.2, 0.25) is 0 Å². The van der Waals surface area contributed by atoms with Crippen molar-refractivity contribution >= 4 is 0 Å². The monoisotopic (exact) mass is 181 g/mol. The van der Waals surface area contributed by atoms with Crippen molar-refractivity contribution in [3.63, 3.8) is 0 Å². The van der Waals surface area contributed by atoms with Crippen molar-refractivity contribution in [2.24, 2.45) is 22.7 Å². The third kappa shape index (κ3) is 1.03. The normalized spacial score (nSPS) is 47.1. The molecule has 2 rings (SSSR count). The van der Waals surface area contributed by atoms with Gasteiger partial charge in [0, 0.05) is 6.61 Å². The van der Waals surface area contributed by atoms with Crippen LogP contribution in [-0.2, 0) is 0 Å². The van der Waals surface area contributed by atoms with Crippen molar-refractivity contribution in [2.45, 2.75) is 40.0 Å². The number of rotatable bonds is 2. The van der Waals surface area contributed by atoms with Crippen molar-refractivity contribution in [1.29, 1.82) is 0 Å². The summed E-state index contributed by atoms with van der Waals surface area (Å²) in [4.78, 5) is 0. The van der Waals surface area contributed by atoms with Gasteiger partial charge in [0.05, 0.1) is 0 Å². The van der Waals surface area contributed by atoms with E-state index in [4.69, 9.17) is 5.11 Å². The van der Waals surface area contributed by atoms with E-state index in [-0.39, 0.29) is 6.61 Å². The average molecular weight is 181 g/mol. The number of aliphatic hydroxyl groups is 1. The van der Waals surface area contributed by atoms with E-state index in [1.165, 1.54) is 19.3 Å². The van der Waals surface area contributed by atoms with Crippen molar-refractivity contribution in [3.8, 4) is 0 Å². The first-order valence-corrected chi connectivity index (χ1v) is 5.46. The Labute approximate surface area is 81.5 Å². The summed E-state index contributed by atoms with van der Waals surface area (Å²) in [5, 5.41) is 8.98. The Balaban J connectivity index is 2.22. The van der Waals surface area contributed by atoms with Gasteiger partial charge in [-0.05, 0) is 48.3 Å². The minimum atomic E-state index is 0.253. The predicted octanol–water partition coefficient (Wildman–Crippen LogP) is 2.65. The van der Waals surface area contributed by atoms with Crippen LogP contribution in [0.5, 0.6) is 0 Å². The van der Waals surface area contributed by atoms with Crippen LogP contribution in [0.3, 0.4) is 0 Å². The maximum Gasteiger partial charge on any atom is 0.0465 e. The minimum Gasteiger partial charge on any atom is -0.396 e. The molecule has 0 heterocycles. The van der Waals surface area contributed by atoms with Crippen LogP contribution < -0.4 is 0 Å². The molecule has 1 nitrogen and oxygen atoms in total. The maximum absolute atomic E-state index is 8.98. The maximum atomic E-state index is 8.98. The highest BCUT2D eigenvalue weighted by Crippen LogP contribution is 2.68. The molecule has 2 saturated carbocycles. The van der Waals surface area contributed by atoms with E-state index >= 15 is 0 Å². The topological polar surface area (TPSA) is 20.2 Å². The van der Waals surface area contributed by atoms with E-state index in [1.807, 2.05) is 0 Å². The molecule has 0 aromatic heterocycles. The molecule has 3 unspecified atom stereocenters. The van der Waals surface area contributed by atoms with E-state index in [0.717, 1.165) is 5.92 Å². The number of fused-ring (bicyclic) bond motifs is 2. The number of hydrogen-bond donors (Lipinski definition) is 1. The van der Waals surface area contributed by atoms with Gasteiger partial charge in [-0.3, -0.25) is 0 Å². The molecular formula is C12H21O. The van der Waals surface area contributed by atoms with Crippen LogP contribution in [-0.4, -0.2) is 11.7 Å². The largest absolute Gasteiger partial charge is 0.396 e. The molecule has 13 heavy (non-hydrogen) atoms. The first-order chi connectivity index (χ1) is 6.02.